The zero-order valence-corrected chi connectivity index (χ0v) is 12.9. The number of nitrogens with one attached hydrogen (secondary N) is 2. The zero-order valence-electron chi connectivity index (χ0n) is 12.9. The highest BCUT2D eigenvalue weighted by Gasteiger charge is 2.30. The fraction of sp³-hybridized carbons (Fsp3) is 0.333. The number of urea groups is 1. The molecule has 1 aliphatic rings. The summed E-state index contributed by atoms with van der Waals surface area (Å²) in [4.78, 5) is 16.0. The fourth-order valence-electron chi connectivity index (χ4n) is 2.81. The Morgan fingerprint density at radius 3 is 2.70 bits per heavy atom. The molecule has 0 radical (unpaired) electrons. The molecule has 1 fully saturated rings. The van der Waals surface area contributed by atoms with Crippen LogP contribution < -0.4 is 15.4 Å². The van der Waals surface area contributed by atoms with Crippen molar-refractivity contribution in [2.75, 3.05) is 0 Å². The molecule has 2 aromatic rings. The summed E-state index contributed by atoms with van der Waals surface area (Å²) in [6, 6.07) is 13.4. The van der Waals surface area contributed by atoms with Crippen molar-refractivity contribution < 1.29 is 9.53 Å². The minimum atomic E-state index is -0.157. The van der Waals surface area contributed by atoms with Crippen LogP contribution in [0.3, 0.4) is 0 Å². The van der Waals surface area contributed by atoms with Crippen molar-refractivity contribution in [1.82, 2.24) is 15.6 Å². The summed E-state index contributed by atoms with van der Waals surface area (Å²) in [6.45, 7) is 0.491. The lowest BCUT2D eigenvalue weighted by Crippen LogP contribution is -2.46. The smallest absolute Gasteiger partial charge is 0.315 e. The molecule has 2 atom stereocenters. The Labute approximate surface area is 136 Å². The number of carbonyl (C=O) groups excluding carboxylic acids is 1. The van der Waals surface area contributed by atoms with E-state index in [1.165, 1.54) is 0 Å². The highest BCUT2D eigenvalue weighted by molar-refractivity contribution is 5.74. The number of ether oxygens (including phenoxy) is 1. The number of aromatic nitrogens is 1. The number of hydrogen-bond donors (Lipinski definition) is 2. The third-order valence-corrected chi connectivity index (χ3v) is 4.00. The maximum Gasteiger partial charge on any atom is 0.315 e. The largest absolute Gasteiger partial charge is 0.488 e. The summed E-state index contributed by atoms with van der Waals surface area (Å²) in [6.07, 6.45) is 6.44. The van der Waals surface area contributed by atoms with E-state index in [0.29, 0.717) is 6.54 Å². The molecular weight excluding hydrogens is 290 g/mol. The molecule has 2 N–H and O–H groups in total. The monoisotopic (exact) mass is 311 g/mol. The Bertz CT molecular complexity index is 619. The van der Waals surface area contributed by atoms with Crippen molar-refractivity contribution in [3.05, 3.63) is 60.4 Å². The summed E-state index contributed by atoms with van der Waals surface area (Å²) in [5, 5.41) is 5.91. The Morgan fingerprint density at radius 2 is 1.91 bits per heavy atom. The van der Waals surface area contributed by atoms with Crippen LogP contribution in [-0.2, 0) is 6.54 Å². The van der Waals surface area contributed by atoms with E-state index in [4.69, 9.17) is 4.74 Å². The number of carbonyl (C=O) groups is 1. The molecule has 5 nitrogen and oxygen atoms in total. The van der Waals surface area contributed by atoms with Crippen LogP contribution in [-0.4, -0.2) is 23.2 Å². The van der Waals surface area contributed by atoms with Crippen molar-refractivity contribution in [2.24, 2.45) is 0 Å². The molecule has 120 valence electrons. The molecule has 1 heterocycles. The molecule has 3 rings (SSSR count). The summed E-state index contributed by atoms with van der Waals surface area (Å²) in [7, 11) is 0. The van der Waals surface area contributed by atoms with E-state index in [2.05, 4.69) is 15.6 Å². The molecule has 1 aromatic carbocycles. The van der Waals surface area contributed by atoms with Crippen LogP contribution in [0.5, 0.6) is 5.75 Å². The molecule has 1 aliphatic carbocycles. The Morgan fingerprint density at radius 1 is 1.13 bits per heavy atom. The number of para-hydroxylation sites is 1. The third-order valence-electron chi connectivity index (χ3n) is 4.00. The van der Waals surface area contributed by atoms with Crippen LogP contribution in [0.1, 0.15) is 24.8 Å². The molecule has 1 saturated carbocycles. The number of nitrogens with zero attached hydrogens (tertiary/aromatic N) is 1. The van der Waals surface area contributed by atoms with Crippen molar-refractivity contribution in [3.8, 4) is 5.75 Å². The topological polar surface area (TPSA) is 63.2 Å². The number of rotatable bonds is 5. The van der Waals surface area contributed by atoms with E-state index < -0.39 is 0 Å². The van der Waals surface area contributed by atoms with E-state index in [-0.39, 0.29) is 18.2 Å². The van der Waals surface area contributed by atoms with Crippen LogP contribution in [0.25, 0.3) is 0 Å². The quantitative estimate of drug-likeness (QED) is 0.892. The first-order valence-corrected chi connectivity index (χ1v) is 7.96. The standard InChI is InChI=1S/C18H21N3O2/c22-18(20-13-14-9-11-19-12-10-14)21-16-7-4-8-17(16)23-15-5-2-1-3-6-15/h1-3,5-6,9-12,16-17H,4,7-8,13H2,(H2,20,21,22)/t16-,17-/m0/s1. The summed E-state index contributed by atoms with van der Waals surface area (Å²) >= 11 is 0. The summed E-state index contributed by atoms with van der Waals surface area (Å²) in [5.74, 6) is 0.850. The van der Waals surface area contributed by atoms with Gasteiger partial charge in [-0.3, -0.25) is 4.98 Å². The van der Waals surface area contributed by atoms with Gasteiger partial charge in [0.2, 0.25) is 0 Å². The lowest BCUT2D eigenvalue weighted by atomic mass is 10.2. The lowest BCUT2D eigenvalue weighted by Gasteiger charge is -2.22. The normalized spacial score (nSPS) is 20.0. The zero-order chi connectivity index (χ0) is 15.9. The minimum Gasteiger partial charge on any atom is -0.488 e. The predicted octanol–water partition coefficient (Wildman–Crippen LogP) is 2.88. The van der Waals surface area contributed by atoms with E-state index >= 15 is 0 Å². The Balaban J connectivity index is 1.49. The Kier molecular flexibility index (Phi) is 5.09. The van der Waals surface area contributed by atoms with Crippen LogP contribution in [0, 0.1) is 0 Å². The molecule has 0 spiro atoms. The first-order valence-electron chi connectivity index (χ1n) is 7.96. The van der Waals surface area contributed by atoms with E-state index in [1.807, 2.05) is 42.5 Å². The van der Waals surface area contributed by atoms with Crippen molar-refractivity contribution >= 4 is 6.03 Å². The molecule has 0 saturated heterocycles. The molecule has 5 heteroatoms. The lowest BCUT2D eigenvalue weighted by molar-refractivity contribution is 0.172. The molecule has 0 aliphatic heterocycles. The fourth-order valence-corrected chi connectivity index (χ4v) is 2.81. The van der Waals surface area contributed by atoms with Gasteiger partial charge in [0.05, 0.1) is 6.04 Å². The van der Waals surface area contributed by atoms with Crippen LogP contribution in [0.15, 0.2) is 54.9 Å². The van der Waals surface area contributed by atoms with Crippen molar-refractivity contribution in [3.63, 3.8) is 0 Å². The summed E-state index contributed by atoms with van der Waals surface area (Å²) < 4.78 is 6.00. The maximum atomic E-state index is 12.1. The molecule has 0 unspecified atom stereocenters. The highest BCUT2D eigenvalue weighted by Crippen LogP contribution is 2.24. The van der Waals surface area contributed by atoms with Gasteiger partial charge in [-0.25, -0.2) is 4.79 Å². The Hall–Kier alpha value is -2.56. The van der Waals surface area contributed by atoms with Gasteiger partial charge in [0.1, 0.15) is 11.9 Å². The second kappa shape index (κ2) is 7.63. The first-order chi connectivity index (χ1) is 11.3. The third kappa shape index (κ3) is 4.45. The van der Waals surface area contributed by atoms with Gasteiger partial charge in [0, 0.05) is 18.9 Å². The SMILES string of the molecule is O=C(NCc1ccncc1)N[C@H]1CCC[C@@H]1Oc1ccccc1. The van der Waals surface area contributed by atoms with Gasteiger partial charge in [-0.2, -0.15) is 0 Å². The van der Waals surface area contributed by atoms with Crippen LogP contribution in [0.4, 0.5) is 4.79 Å². The molecule has 23 heavy (non-hydrogen) atoms. The molecule has 0 bridgehead atoms. The maximum absolute atomic E-state index is 12.1. The molecule has 1 aromatic heterocycles. The summed E-state index contributed by atoms with van der Waals surface area (Å²) in [5.41, 5.74) is 1.03. The predicted molar refractivity (Wildman–Crippen MR) is 88.1 cm³/mol. The van der Waals surface area contributed by atoms with Gasteiger partial charge in [-0.15, -0.1) is 0 Å². The van der Waals surface area contributed by atoms with Gasteiger partial charge in [-0.1, -0.05) is 18.2 Å². The average molecular weight is 311 g/mol. The number of hydrogen-bond acceptors (Lipinski definition) is 3. The van der Waals surface area contributed by atoms with Gasteiger partial charge in [0.25, 0.3) is 0 Å². The molecular formula is C18H21N3O2. The van der Waals surface area contributed by atoms with Crippen LogP contribution in [0.2, 0.25) is 0 Å². The number of amides is 2. The van der Waals surface area contributed by atoms with Crippen LogP contribution >= 0.6 is 0 Å². The highest BCUT2D eigenvalue weighted by atomic mass is 16.5. The van der Waals surface area contributed by atoms with Crippen molar-refractivity contribution in [2.45, 2.75) is 38.0 Å². The van der Waals surface area contributed by atoms with E-state index in [1.54, 1.807) is 12.4 Å². The van der Waals surface area contributed by atoms with E-state index in [9.17, 15) is 4.79 Å². The second-order valence-corrected chi connectivity index (χ2v) is 5.69. The van der Waals surface area contributed by atoms with Gasteiger partial charge in [-0.05, 0) is 49.1 Å². The van der Waals surface area contributed by atoms with E-state index in [0.717, 1.165) is 30.6 Å². The number of benzene rings is 1. The first kappa shape index (κ1) is 15.3. The average Bonchev–Trinajstić information content (AvgIpc) is 3.02. The van der Waals surface area contributed by atoms with Gasteiger partial charge in [0.15, 0.2) is 0 Å². The molecule has 2 amide bonds. The van der Waals surface area contributed by atoms with Gasteiger partial charge < -0.3 is 15.4 Å². The van der Waals surface area contributed by atoms with Gasteiger partial charge >= 0.3 is 6.03 Å². The second-order valence-electron chi connectivity index (χ2n) is 5.69. The minimum absolute atomic E-state index is 0.0316. The number of pyridine rings is 1. The van der Waals surface area contributed by atoms with Crippen molar-refractivity contribution in [1.29, 1.82) is 0 Å².